The fourth-order valence-corrected chi connectivity index (χ4v) is 3.36. The number of rotatable bonds is 5. The highest BCUT2D eigenvalue weighted by atomic mass is 79.9. The van der Waals surface area contributed by atoms with Crippen molar-refractivity contribution in [1.29, 1.82) is 0 Å². The lowest BCUT2D eigenvalue weighted by Gasteiger charge is -2.21. The van der Waals surface area contributed by atoms with Crippen LogP contribution in [0.25, 0.3) is 11.2 Å². The van der Waals surface area contributed by atoms with Crippen molar-refractivity contribution in [3.8, 4) is 0 Å². The number of halogens is 2. The van der Waals surface area contributed by atoms with Gasteiger partial charge in [0, 0.05) is 29.5 Å². The minimum atomic E-state index is 0.434. The van der Waals surface area contributed by atoms with Gasteiger partial charge in [-0.1, -0.05) is 13.8 Å². The number of imidazole rings is 1. The highest BCUT2D eigenvalue weighted by Crippen LogP contribution is 2.53. The molecule has 2 aromatic rings. The van der Waals surface area contributed by atoms with E-state index in [0.717, 1.165) is 34.4 Å². The second kappa shape index (κ2) is 5.30. The van der Waals surface area contributed by atoms with Gasteiger partial charge >= 0.3 is 0 Å². The summed E-state index contributed by atoms with van der Waals surface area (Å²) in [6, 6.07) is 2.03. The first-order valence-electron chi connectivity index (χ1n) is 7.12. The highest BCUT2D eigenvalue weighted by molar-refractivity contribution is 9.10. The summed E-state index contributed by atoms with van der Waals surface area (Å²) in [6.45, 7) is 5.65. The van der Waals surface area contributed by atoms with Crippen LogP contribution in [0.4, 0.5) is 0 Å². The van der Waals surface area contributed by atoms with E-state index in [-0.39, 0.29) is 0 Å². The molecule has 1 aliphatic carbocycles. The molecule has 0 saturated heterocycles. The maximum absolute atomic E-state index is 5.93. The SMILES string of the molecule is CC(C)C1(Cn2c(CCCl)nc3cc(Br)cnc32)CC1. The molecule has 0 atom stereocenters. The molecule has 3 rings (SSSR count). The van der Waals surface area contributed by atoms with E-state index >= 15 is 0 Å². The second-order valence-corrected chi connectivity index (χ2v) is 7.36. The van der Waals surface area contributed by atoms with Gasteiger partial charge in [0.05, 0.1) is 0 Å². The number of pyridine rings is 1. The molecule has 1 fully saturated rings. The molecule has 0 radical (unpaired) electrons. The van der Waals surface area contributed by atoms with Crippen LogP contribution in [-0.2, 0) is 13.0 Å². The Morgan fingerprint density at radius 2 is 2.20 bits per heavy atom. The molecule has 3 nitrogen and oxygen atoms in total. The second-order valence-electron chi connectivity index (χ2n) is 6.07. The van der Waals surface area contributed by atoms with E-state index < -0.39 is 0 Å². The van der Waals surface area contributed by atoms with Gasteiger partial charge in [-0.2, -0.15) is 0 Å². The molecule has 0 aliphatic heterocycles. The Kier molecular flexibility index (Phi) is 3.80. The molecule has 0 unspecified atom stereocenters. The van der Waals surface area contributed by atoms with Gasteiger partial charge in [-0.25, -0.2) is 9.97 Å². The first-order valence-corrected chi connectivity index (χ1v) is 8.45. The zero-order valence-corrected chi connectivity index (χ0v) is 14.2. The van der Waals surface area contributed by atoms with E-state index in [9.17, 15) is 0 Å². The number of nitrogens with zero attached hydrogens (tertiary/aromatic N) is 3. The molecule has 2 aromatic heterocycles. The van der Waals surface area contributed by atoms with Gasteiger partial charge in [0.25, 0.3) is 0 Å². The minimum Gasteiger partial charge on any atom is -0.312 e. The van der Waals surface area contributed by atoms with Gasteiger partial charge < -0.3 is 4.57 Å². The molecule has 0 amide bonds. The Morgan fingerprint density at radius 1 is 1.45 bits per heavy atom. The Balaban J connectivity index is 2.05. The highest BCUT2D eigenvalue weighted by Gasteiger charge is 2.46. The third-order valence-electron chi connectivity index (χ3n) is 4.54. The monoisotopic (exact) mass is 355 g/mol. The number of hydrogen-bond donors (Lipinski definition) is 0. The maximum Gasteiger partial charge on any atom is 0.160 e. The van der Waals surface area contributed by atoms with Gasteiger partial charge in [-0.3, -0.25) is 0 Å². The third-order valence-corrected chi connectivity index (χ3v) is 5.16. The summed E-state index contributed by atoms with van der Waals surface area (Å²) in [5.74, 6) is 2.35. The van der Waals surface area contributed by atoms with E-state index in [1.54, 1.807) is 0 Å². The molecule has 0 bridgehead atoms. The Morgan fingerprint density at radius 3 is 2.80 bits per heavy atom. The van der Waals surface area contributed by atoms with Crippen molar-refractivity contribution in [3.05, 3.63) is 22.6 Å². The number of hydrogen-bond acceptors (Lipinski definition) is 2. The normalized spacial score (nSPS) is 17.1. The molecule has 5 heteroatoms. The molecule has 108 valence electrons. The topological polar surface area (TPSA) is 30.7 Å². The van der Waals surface area contributed by atoms with Crippen LogP contribution in [0, 0.1) is 11.3 Å². The van der Waals surface area contributed by atoms with Gasteiger partial charge in [-0.15, -0.1) is 11.6 Å². The first kappa shape index (κ1) is 14.3. The van der Waals surface area contributed by atoms with Crippen LogP contribution in [0.15, 0.2) is 16.7 Å². The van der Waals surface area contributed by atoms with Crippen LogP contribution in [0.5, 0.6) is 0 Å². The summed E-state index contributed by atoms with van der Waals surface area (Å²) in [5.41, 5.74) is 2.38. The standard InChI is InChI=1S/C15H19BrClN3/c1-10(2)15(4-5-15)9-20-13(3-6-17)19-12-7-11(16)8-18-14(12)20/h7-8,10H,3-6,9H2,1-2H3. The smallest absolute Gasteiger partial charge is 0.160 e. The lowest BCUT2D eigenvalue weighted by Crippen LogP contribution is -2.19. The van der Waals surface area contributed by atoms with E-state index in [2.05, 4.69) is 39.3 Å². The molecule has 1 aliphatic rings. The molecule has 0 N–H and O–H groups in total. The van der Waals surface area contributed by atoms with E-state index in [0.29, 0.717) is 17.2 Å². The minimum absolute atomic E-state index is 0.434. The van der Waals surface area contributed by atoms with Gasteiger partial charge in [-0.05, 0) is 46.2 Å². The lowest BCUT2D eigenvalue weighted by molar-refractivity contribution is 0.308. The Hall–Kier alpha value is -0.610. The predicted molar refractivity (Wildman–Crippen MR) is 86.2 cm³/mol. The molecule has 20 heavy (non-hydrogen) atoms. The average molecular weight is 357 g/mol. The van der Waals surface area contributed by atoms with Crippen molar-refractivity contribution < 1.29 is 0 Å². The molecular weight excluding hydrogens is 338 g/mol. The summed E-state index contributed by atoms with van der Waals surface area (Å²) >= 11 is 9.40. The number of alkyl halides is 1. The van der Waals surface area contributed by atoms with Gasteiger partial charge in [0.15, 0.2) is 5.65 Å². The van der Waals surface area contributed by atoms with Crippen molar-refractivity contribution in [2.75, 3.05) is 5.88 Å². The number of fused-ring (bicyclic) bond motifs is 1. The van der Waals surface area contributed by atoms with Crippen molar-refractivity contribution in [3.63, 3.8) is 0 Å². The summed E-state index contributed by atoms with van der Waals surface area (Å²) < 4.78 is 3.26. The molecule has 0 aromatic carbocycles. The van der Waals surface area contributed by atoms with Crippen molar-refractivity contribution in [2.45, 2.75) is 39.7 Å². The predicted octanol–water partition coefficient (Wildman–Crippen LogP) is 4.41. The fourth-order valence-electron chi connectivity index (χ4n) is 2.87. The molecule has 0 spiro atoms. The van der Waals surface area contributed by atoms with Crippen LogP contribution in [-0.4, -0.2) is 20.4 Å². The summed E-state index contributed by atoms with van der Waals surface area (Å²) in [5, 5.41) is 0. The third kappa shape index (κ3) is 2.48. The van der Waals surface area contributed by atoms with Crippen molar-refractivity contribution in [2.24, 2.45) is 11.3 Å². The fraction of sp³-hybridized carbons (Fsp3) is 0.600. The number of aromatic nitrogens is 3. The number of aryl methyl sites for hydroxylation is 1. The Labute approximate surface area is 132 Å². The first-order chi connectivity index (χ1) is 9.55. The largest absolute Gasteiger partial charge is 0.312 e. The van der Waals surface area contributed by atoms with Crippen LogP contribution in [0.2, 0.25) is 0 Å². The van der Waals surface area contributed by atoms with Crippen LogP contribution in [0.1, 0.15) is 32.5 Å². The van der Waals surface area contributed by atoms with E-state index in [1.165, 1.54) is 12.8 Å². The van der Waals surface area contributed by atoms with Gasteiger partial charge in [0.2, 0.25) is 0 Å². The van der Waals surface area contributed by atoms with Crippen LogP contribution >= 0.6 is 27.5 Å². The van der Waals surface area contributed by atoms with Crippen LogP contribution < -0.4 is 0 Å². The molecule has 1 saturated carbocycles. The lowest BCUT2D eigenvalue weighted by atomic mass is 9.92. The summed E-state index contributed by atoms with van der Waals surface area (Å²) in [6.07, 6.45) is 5.26. The molecule has 2 heterocycles. The summed E-state index contributed by atoms with van der Waals surface area (Å²) in [7, 11) is 0. The molecular formula is C15H19BrClN3. The van der Waals surface area contributed by atoms with Crippen LogP contribution in [0.3, 0.4) is 0 Å². The zero-order valence-electron chi connectivity index (χ0n) is 11.9. The van der Waals surface area contributed by atoms with Crippen molar-refractivity contribution in [1.82, 2.24) is 14.5 Å². The zero-order chi connectivity index (χ0) is 14.3. The summed E-state index contributed by atoms with van der Waals surface area (Å²) in [4.78, 5) is 9.29. The quantitative estimate of drug-likeness (QED) is 0.743. The maximum atomic E-state index is 5.93. The van der Waals surface area contributed by atoms with Crippen molar-refractivity contribution >= 4 is 38.7 Å². The van der Waals surface area contributed by atoms with Gasteiger partial charge in [0.1, 0.15) is 11.3 Å². The van der Waals surface area contributed by atoms with E-state index in [4.69, 9.17) is 16.6 Å². The Bertz CT molecular complexity index is 631. The average Bonchev–Trinajstić information content (AvgIpc) is 3.11. The van der Waals surface area contributed by atoms with E-state index in [1.807, 2.05) is 12.3 Å².